The molecule has 0 saturated heterocycles. The maximum atomic E-state index is 13.5. The molecule has 0 saturated carbocycles. The second kappa shape index (κ2) is 5.65. The Labute approximate surface area is 133 Å². The zero-order chi connectivity index (χ0) is 15.6. The quantitative estimate of drug-likeness (QED) is 0.565. The molecule has 0 aliphatic carbocycles. The van der Waals surface area contributed by atoms with E-state index in [2.05, 4.69) is 9.55 Å². The highest BCUT2D eigenvalue weighted by molar-refractivity contribution is 5.80. The van der Waals surface area contributed by atoms with Crippen LogP contribution in [0.25, 0.3) is 22.6 Å². The van der Waals surface area contributed by atoms with Gasteiger partial charge in [0, 0.05) is 12.7 Å². The summed E-state index contributed by atoms with van der Waals surface area (Å²) < 4.78 is 15.6. The lowest BCUT2D eigenvalue weighted by atomic mass is 10.2. The van der Waals surface area contributed by atoms with Crippen LogP contribution >= 0.6 is 0 Å². The molecule has 4 rings (SSSR count). The van der Waals surface area contributed by atoms with Gasteiger partial charge in [-0.2, -0.15) is 0 Å². The van der Waals surface area contributed by atoms with E-state index in [0.717, 1.165) is 28.1 Å². The SMILES string of the molecule is Fc1cccc(Cn2c(-c3ccccn3)nc3ccccc32)c1. The first kappa shape index (κ1) is 13.6. The fourth-order valence-electron chi connectivity index (χ4n) is 2.74. The number of para-hydroxylation sites is 2. The summed E-state index contributed by atoms with van der Waals surface area (Å²) in [4.78, 5) is 9.11. The predicted molar refractivity (Wildman–Crippen MR) is 88.5 cm³/mol. The van der Waals surface area contributed by atoms with Crippen molar-refractivity contribution >= 4 is 11.0 Å². The molecule has 0 atom stereocenters. The Morgan fingerprint density at radius 2 is 1.78 bits per heavy atom. The Bertz CT molecular complexity index is 961. The van der Waals surface area contributed by atoms with Crippen LogP contribution in [-0.4, -0.2) is 14.5 Å². The zero-order valence-electron chi connectivity index (χ0n) is 12.4. The molecular weight excluding hydrogens is 289 g/mol. The van der Waals surface area contributed by atoms with Gasteiger partial charge in [0.25, 0.3) is 0 Å². The van der Waals surface area contributed by atoms with E-state index < -0.39 is 0 Å². The lowest BCUT2D eigenvalue weighted by molar-refractivity contribution is 0.624. The Kier molecular flexibility index (Phi) is 3.35. The van der Waals surface area contributed by atoms with Crippen LogP contribution in [0.4, 0.5) is 4.39 Å². The third-order valence-electron chi connectivity index (χ3n) is 3.78. The number of rotatable bonds is 3. The van der Waals surface area contributed by atoms with E-state index in [-0.39, 0.29) is 5.82 Å². The van der Waals surface area contributed by atoms with E-state index >= 15 is 0 Å². The number of fused-ring (bicyclic) bond motifs is 1. The number of benzene rings is 2. The fourth-order valence-corrected chi connectivity index (χ4v) is 2.74. The summed E-state index contributed by atoms with van der Waals surface area (Å²) >= 11 is 0. The van der Waals surface area contributed by atoms with Gasteiger partial charge in [-0.05, 0) is 42.0 Å². The van der Waals surface area contributed by atoms with Gasteiger partial charge in [-0.15, -0.1) is 0 Å². The van der Waals surface area contributed by atoms with E-state index in [4.69, 9.17) is 4.98 Å². The van der Waals surface area contributed by atoms with Crippen molar-refractivity contribution < 1.29 is 4.39 Å². The molecule has 0 bridgehead atoms. The van der Waals surface area contributed by atoms with Gasteiger partial charge >= 0.3 is 0 Å². The van der Waals surface area contributed by atoms with Gasteiger partial charge in [-0.1, -0.05) is 30.3 Å². The second-order valence-electron chi connectivity index (χ2n) is 5.36. The highest BCUT2D eigenvalue weighted by Gasteiger charge is 2.13. The lowest BCUT2D eigenvalue weighted by Gasteiger charge is -2.09. The van der Waals surface area contributed by atoms with E-state index in [0.29, 0.717) is 6.54 Å². The highest BCUT2D eigenvalue weighted by atomic mass is 19.1. The molecule has 2 aromatic heterocycles. The summed E-state index contributed by atoms with van der Waals surface area (Å²) in [6.07, 6.45) is 1.75. The first-order valence-electron chi connectivity index (χ1n) is 7.42. The zero-order valence-corrected chi connectivity index (χ0v) is 12.4. The predicted octanol–water partition coefficient (Wildman–Crippen LogP) is 4.29. The van der Waals surface area contributed by atoms with Crippen molar-refractivity contribution in [2.24, 2.45) is 0 Å². The third kappa shape index (κ3) is 2.59. The number of imidazole rings is 1. The molecule has 0 aliphatic rings. The number of hydrogen-bond donors (Lipinski definition) is 0. The molecule has 0 radical (unpaired) electrons. The molecule has 0 unspecified atom stereocenters. The number of pyridine rings is 1. The standard InChI is InChI=1S/C19H14FN3/c20-15-7-5-6-14(12-15)13-23-18-10-2-1-8-16(18)22-19(23)17-9-3-4-11-21-17/h1-12H,13H2. The van der Waals surface area contributed by atoms with E-state index in [1.54, 1.807) is 18.3 Å². The van der Waals surface area contributed by atoms with Gasteiger partial charge in [-0.3, -0.25) is 4.98 Å². The van der Waals surface area contributed by atoms with Gasteiger partial charge in [0.2, 0.25) is 0 Å². The van der Waals surface area contributed by atoms with E-state index in [1.807, 2.05) is 48.5 Å². The molecule has 23 heavy (non-hydrogen) atoms. The maximum Gasteiger partial charge on any atom is 0.160 e. The molecule has 2 heterocycles. The van der Waals surface area contributed by atoms with Crippen molar-refractivity contribution in [2.75, 3.05) is 0 Å². The molecule has 4 heteroatoms. The molecule has 0 fully saturated rings. The summed E-state index contributed by atoms with van der Waals surface area (Å²) in [5, 5.41) is 0. The molecule has 0 aliphatic heterocycles. The largest absolute Gasteiger partial charge is 0.318 e. The second-order valence-corrected chi connectivity index (χ2v) is 5.36. The molecule has 0 N–H and O–H groups in total. The maximum absolute atomic E-state index is 13.5. The topological polar surface area (TPSA) is 30.7 Å². The van der Waals surface area contributed by atoms with Crippen LogP contribution < -0.4 is 0 Å². The fraction of sp³-hybridized carbons (Fsp3) is 0.0526. The average Bonchev–Trinajstić information content (AvgIpc) is 2.95. The number of halogens is 1. The van der Waals surface area contributed by atoms with Gasteiger partial charge in [-0.25, -0.2) is 9.37 Å². The average molecular weight is 303 g/mol. The Morgan fingerprint density at radius 3 is 2.61 bits per heavy atom. The molecule has 0 amide bonds. The number of aromatic nitrogens is 3. The minimum Gasteiger partial charge on any atom is -0.318 e. The highest BCUT2D eigenvalue weighted by Crippen LogP contribution is 2.24. The smallest absolute Gasteiger partial charge is 0.160 e. The van der Waals surface area contributed by atoms with Crippen LogP contribution in [0, 0.1) is 5.82 Å². The van der Waals surface area contributed by atoms with Crippen molar-refractivity contribution in [3.8, 4) is 11.5 Å². The van der Waals surface area contributed by atoms with Crippen LogP contribution in [0.2, 0.25) is 0 Å². The van der Waals surface area contributed by atoms with Crippen molar-refractivity contribution in [1.29, 1.82) is 0 Å². The van der Waals surface area contributed by atoms with Crippen LogP contribution in [0.5, 0.6) is 0 Å². The number of nitrogens with zero attached hydrogens (tertiary/aromatic N) is 3. The van der Waals surface area contributed by atoms with Crippen molar-refractivity contribution in [3.05, 3.63) is 84.3 Å². The van der Waals surface area contributed by atoms with Gasteiger partial charge in [0.05, 0.1) is 11.0 Å². The number of hydrogen-bond acceptors (Lipinski definition) is 2. The molecule has 4 aromatic rings. The first-order chi connectivity index (χ1) is 11.3. The summed E-state index contributed by atoms with van der Waals surface area (Å²) in [6, 6.07) is 20.3. The summed E-state index contributed by atoms with van der Waals surface area (Å²) in [5.41, 5.74) is 3.62. The van der Waals surface area contributed by atoms with Crippen molar-refractivity contribution in [3.63, 3.8) is 0 Å². The molecule has 112 valence electrons. The van der Waals surface area contributed by atoms with Crippen LogP contribution in [-0.2, 0) is 6.54 Å². The van der Waals surface area contributed by atoms with Crippen molar-refractivity contribution in [2.45, 2.75) is 6.54 Å². The van der Waals surface area contributed by atoms with Gasteiger partial charge < -0.3 is 4.57 Å². The first-order valence-corrected chi connectivity index (χ1v) is 7.42. The Balaban J connectivity index is 1.89. The Hall–Kier alpha value is -3.01. The third-order valence-corrected chi connectivity index (χ3v) is 3.78. The van der Waals surface area contributed by atoms with Gasteiger partial charge in [0.15, 0.2) is 5.82 Å². The lowest BCUT2D eigenvalue weighted by Crippen LogP contribution is -2.03. The van der Waals surface area contributed by atoms with Crippen LogP contribution in [0.1, 0.15) is 5.56 Å². The molecule has 0 spiro atoms. The minimum atomic E-state index is -0.230. The minimum absolute atomic E-state index is 0.230. The van der Waals surface area contributed by atoms with Crippen molar-refractivity contribution in [1.82, 2.24) is 14.5 Å². The van der Waals surface area contributed by atoms with Crippen LogP contribution in [0.15, 0.2) is 72.9 Å². The normalized spacial score (nSPS) is 11.0. The molecular formula is C19H14FN3. The molecule has 3 nitrogen and oxygen atoms in total. The van der Waals surface area contributed by atoms with Crippen LogP contribution in [0.3, 0.4) is 0 Å². The Morgan fingerprint density at radius 1 is 0.913 bits per heavy atom. The van der Waals surface area contributed by atoms with E-state index in [9.17, 15) is 4.39 Å². The summed E-state index contributed by atoms with van der Waals surface area (Å²) in [6.45, 7) is 0.546. The van der Waals surface area contributed by atoms with Gasteiger partial charge in [0.1, 0.15) is 11.5 Å². The summed E-state index contributed by atoms with van der Waals surface area (Å²) in [5.74, 6) is 0.558. The molecule has 2 aromatic carbocycles. The summed E-state index contributed by atoms with van der Waals surface area (Å²) in [7, 11) is 0. The monoisotopic (exact) mass is 303 g/mol. The van der Waals surface area contributed by atoms with E-state index in [1.165, 1.54) is 6.07 Å².